The second-order valence-corrected chi connectivity index (χ2v) is 15.8. The first kappa shape index (κ1) is 49.1. The van der Waals surface area contributed by atoms with E-state index in [-0.39, 0.29) is 19.4 Å². The van der Waals surface area contributed by atoms with Crippen LogP contribution in [0.25, 0.3) is 0 Å². The quantitative estimate of drug-likeness (QED) is 0.0226. The van der Waals surface area contributed by atoms with Crippen molar-refractivity contribution in [2.45, 2.75) is 198 Å². The fourth-order valence-electron chi connectivity index (χ4n) is 6.00. The molecule has 0 aromatic heterocycles. The summed E-state index contributed by atoms with van der Waals surface area (Å²) in [5.41, 5.74) is 0. The van der Waals surface area contributed by atoms with E-state index < -0.39 is 71.2 Å². The molecule has 0 radical (unpaired) electrons. The van der Waals surface area contributed by atoms with Crippen molar-refractivity contribution in [2.75, 3.05) is 19.0 Å². The zero-order chi connectivity index (χ0) is 39.2. The third-order valence-electron chi connectivity index (χ3n) is 9.25. The smallest absolute Gasteiger partial charge is 0.306 e. The van der Waals surface area contributed by atoms with Gasteiger partial charge in [0.25, 0.3) is 10.1 Å². The van der Waals surface area contributed by atoms with Gasteiger partial charge in [-0.2, -0.15) is 8.42 Å². The van der Waals surface area contributed by atoms with Crippen LogP contribution in [-0.4, -0.2) is 96.0 Å². The van der Waals surface area contributed by atoms with Crippen molar-refractivity contribution in [1.29, 1.82) is 0 Å². The summed E-state index contributed by atoms with van der Waals surface area (Å²) in [5, 5.41) is 30.8. The Kier molecular flexibility index (Phi) is 29.1. The molecule has 13 heteroatoms. The number of ether oxygens (including phenoxy) is 4. The topological polar surface area (TPSA) is 186 Å². The van der Waals surface area contributed by atoms with E-state index in [1.54, 1.807) is 0 Å². The molecule has 1 rings (SSSR count). The Balaban J connectivity index is 2.52. The van der Waals surface area contributed by atoms with Crippen molar-refractivity contribution >= 4 is 22.1 Å². The number of hydrogen-bond donors (Lipinski definition) is 4. The first-order chi connectivity index (χ1) is 25.5. The lowest BCUT2D eigenvalue weighted by molar-refractivity contribution is -0.297. The lowest BCUT2D eigenvalue weighted by atomic mass is 10.00. The number of aliphatic hydroxyl groups is 3. The second-order valence-electron chi connectivity index (χ2n) is 14.3. The maximum Gasteiger partial charge on any atom is 0.306 e. The molecule has 4 N–H and O–H groups in total. The van der Waals surface area contributed by atoms with Crippen molar-refractivity contribution in [3.63, 3.8) is 0 Å². The minimum Gasteiger partial charge on any atom is -0.462 e. The van der Waals surface area contributed by atoms with Gasteiger partial charge >= 0.3 is 11.9 Å². The van der Waals surface area contributed by atoms with E-state index in [1.807, 2.05) is 0 Å². The molecule has 0 spiro atoms. The molecule has 1 aliphatic rings. The molecule has 1 heterocycles. The molecule has 53 heavy (non-hydrogen) atoms. The molecule has 12 nitrogen and oxygen atoms in total. The van der Waals surface area contributed by atoms with Crippen LogP contribution in [0.2, 0.25) is 0 Å². The lowest BCUT2D eigenvalue weighted by Crippen LogP contribution is -2.60. The molecule has 1 saturated heterocycles. The van der Waals surface area contributed by atoms with E-state index >= 15 is 0 Å². The number of allylic oxidation sites excluding steroid dienone is 4. The Labute approximate surface area is 319 Å². The van der Waals surface area contributed by atoms with Crippen molar-refractivity contribution in [2.24, 2.45) is 0 Å². The van der Waals surface area contributed by atoms with Crippen molar-refractivity contribution in [3.05, 3.63) is 24.3 Å². The molecular weight excluding hydrogens is 704 g/mol. The maximum absolute atomic E-state index is 12.7. The van der Waals surface area contributed by atoms with Gasteiger partial charge in [-0.25, -0.2) is 0 Å². The van der Waals surface area contributed by atoms with Crippen LogP contribution >= 0.6 is 0 Å². The Morgan fingerprint density at radius 1 is 0.623 bits per heavy atom. The van der Waals surface area contributed by atoms with E-state index in [0.717, 1.165) is 77.0 Å². The number of carbonyl (C=O) groups excluding carboxylic acids is 2. The average molecular weight is 777 g/mol. The van der Waals surface area contributed by atoms with E-state index in [9.17, 15) is 37.9 Å². The molecule has 0 saturated carbocycles. The lowest BCUT2D eigenvalue weighted by Gasteiger charge is -2.40. The van der Waals surface area contributed by atoms with E-state index in [1.165, 1.54) is 44.9 Å². The number of aliphatic hydroxyl groups excluding tert-OH is 3. The van der Waals surface area contributed by atoms with Gasteiger partial charge in [0.15, 0.2) is 12.4 Å². The van der Waals surface area contributed by atoms with Crippen molar-refractivity contribution < 1.29 is 56.8 Å². The van der Waals surface area contributed by atoms with Crippen LogP contribution in [0.15, 0.2) is 24.3 Å². The van der Waals surface area contributed by atoms with Gasteiger partial charge in [-0.1, -0.05) is 115 Å². The summed E-state index contributed by atoms with van der Waals surface area (Å²) in [7, 11) is -4.60. The molecule has 6 atom stereocenters. The van der Waals surface area contributed by atoms with E-state index in [0.29, 0.717) is 12.8 Å². The summed E-state index contributed by atoms with van der Waals surface area (Å²) in [6.07, 6.45) is 22.3. The summed E-state index contributed by atoms with van der Waals surface area (Å²) in [6.45, 7) is 3.67. The minimum atomic E-state index is -4.60. The van der Waals surface area contributed by atoms with Crippen LogP contribution in [0.4, 0.5) is 0 Å². The Bertz CT molecular complexity index is 1100. The highest BCUT2D eigenvalue weighted by Gasteiger charge is 2.46. The van der Waals surface area contributed by atoms with Gasteiger partial charge in [-0.3, -0.25) is 14.1 Å². The highest BCUT2D eigenvalue weighted by atomic mass is 32.2. The number of esters is 2. The monoisotopic (exact) mass is 776 g/mol. The Morgan fingerprint density at radius 3 is 1.62 bits per heavy atom. The summed E-state index contributed by atoms with van der Waals surface area (Å²) in [5.74, 6) is -2.01. The molecule has 0 aliphatic carbocycles. The Hall–Kier alpha value is -1.87. The van der Waals surface area contributed by atoms with Gasteiger partial charge in [0, 0.05) is 12.8 Å². The fraction of sp³-hybridized carbons (Fsp3) is 0.850. The van der Waals surface area contributed by atoms with Crippen LogP contribution in [-0.2, 0) is 38.7 Å². The predicted molar refractivity (Wildman–Crippen MR) is 206 cm³/mol. The van der Waals surface area contributed by atoms with Gasteiger partial charge in [0.2, 0.25) is 0 Å². The maximum atomic E-state index is 12.7. The largest absolute Gasteiger partial charge is 0.462 e. The molecule has 0 aromatic carbocycles. The molecule has 2 unspecified atom stereocenters. The van der Waals surface area contributed by atoms with Crippen molar-refractivity contribution in [3.8, 4) is 0 Å². The minimum absolute atomic E-state index is 0.154. The second kappa shape index (κ2) is 31.3. The molecule has 310 valence electrons. The highest BCUT2D eigenvalue weighted by Crippen LogP contribution is 2.24. The van der Waals surface area contributed by atoms with Gasteiger partial charge in [-0.05, 0) is 57.8 Å². The number of carbonyl (C=O) groups is 2. The summed E-state index contributed by atoms with van der Waals surface area (Å²) in [6, 6.07) is 0. The fourth-order valence-corrected chi connectivity index (χ4v) is 6.69. The van der Waals surface area contributed by atoms with E-state index in [4.69, 9.17) is 18.9 Å². The third kappa shape index (κ3) is 26.6. The zero-order valence-corrected chi connectivity index (χ0v) is 33.4. The standard InChI is InChI=1S/C40H72O12S/c1-3-5-7-9-11-13-15-16-17-19-21-23-25-27-29-36(42)51-33(30-49-35(41)28-26-24-22-20-18-14-12-10-8-6-4-2)31-50-40-39(45)38(44)37(43)34(52-40)32-53(46,47)48/h10,12,15-16,33-34,37-40,43-45H,3-9,11,13-14,17-32H2,1-2H3,(H,46,47,48)/b12-10+,16-15+/t33-,34-,37-,38?,39?,40+/m1/s1. The SMILES string of the molecule is CCCC/C=C/CCCCCCCC(=O)OC[C@H](CO[C@H]1O[C@H](CS(=O)(=O)O)[C@@H](O)C(O)C1O)OC(=O)CCCCCCC/C=C/CCCCCCC. The number of hydrogen-bond acceptors (Lipinski definition) is 11. The van der Waals surface area contributed by atoms with Crippen LogP contribution < -0.4 is 0 Å². The van der Waals surface area contributed by atoms with Gasteiger partial charge < -0.3 is 34.3 Å². The molecule has 1 fully saturated rings. The average Bonchev–Trinajstić information content (AvgIpc) is 3.12. The normalized spacial score (nSPS) is 21.4. The van der Waals surface area contributed by atoms with Gasteiger partial charge in [0.05, 0.1) is 6.61 Å². The van der Waals surface area contributed by atoms with Crippen LogP contribution in [0, 0.1) is 0 Å². The molecular formula is C40H72O12S. The summed E-state index contributed by atoms with van der Waals surface area (Å²) in [4.78, 5) is 25.2. The van der Waals surface area contributed by atoms with Gasteiger partial charge in [-0.15, -0.1) is 0 Å². The highest BCUT2D eigenvalue weighted by molar-refractivity contribution is 7.85. The first-order valence-corrected chi connectivity index (χ1v) is 22.0. The third-order valence-corrected chi connectivity index (χ3v) is 10.0. The molecule has 0 aromatic rings. The first-order valence-electron chi connectivity index (χ1n) is 20.4. The molecule has 0 bridgehead atoms. The van der Waals surface area contributed by atoms with E-state index in [2.05, 4.69) is 38.2 Å². The molecule has 1 aliphatic heterocycles. The predicted octanol–water partition coefficient (Wildman–Crippen LogP) is 7.28. The number of unbranched alkanes of at least 4 members (excludes halogenated alkanes) is 17. The van der Waals surface area contributed by atoms with Crippen molar-refractivity contribution in [1.82, 2.24) is 0 Å². The summed E-state index contributed by atoms with van der Waals surface area (Å²) < 4.78 is 53.8. The molecule has 0 amide bonds. The number of rotatable bonds is 33. The van der Waals surface area contributed by atoms with Crippen LogP contribution in [0.5, 0.6) is 0 Å². The summed E-state index contributed by atoms with van der Waals surface area (Å²) >= 11 is 0. The van der Waals surface area contributed by atoms with Crippen LogP contribution in [0.3, 0.4) is 0 Å². The zero-order valence-electron chi connectivity index (χ0n) is 32.6. The van der Waals surface area contributed by atoms with Gasteiger partial charge in [0.1, 0.15) is 36.8 Å². The van der Waals surface area contributed by atoms with Crippen LogP contribution in [0.1, 0.15) is 162 Å². The Morgan fingerprint density at radius 2 is 1.09 bits per heavy atom.